The zero-order valence-corrected chi connectivity index (χ0v) is 12.8. The zero-order chi connectivity index (χ0) is 12.1. The first-order valence-corrected chi connectivity index (χ1v) is 9.00. The second-order valence-corrected chi connectivity index (χ2v) is 5.96. The highest BCUT2D eigenvalue weighted by Gasteiger charge is 1.94. The van der Waals surface area contributed by atoms with Crippen LogP contribution in [0.4, 0.5) is 0 Å². The van der Waals surface area contributed by atoms with Crippen molar-refractivity contribution in [2.45, 2.75) is 25.7 Å². The molecule has 0 aliphatic heterocycles. The number of hydrogen-bond acceptors (Lipinski definition) is 3. The van der Waals surface area contributed by atoms with Gasteiger partial charge in [0.1, 0.15) is 0 Å². The van der Waals surface area contributed by atoms with Crippen LogP contribution in [-0.4, -0.2) is 42.2 Å². The van der Waals surface area contributed by atoms with Gasteiger partial charge in [-0.15, -0.1) is 0 Å². The van der Waals surface area contributed by atoms with Gasteiger partial charge in [-0.3, -0.25) is 0 Å². The largest absolute Gasteiger partial charge is 0.363 e. The highest BCUT2D eigenvalue weighted by molar-refractivity contribution is 7.98. The molecule has 5 heteroatoms. The summed E-state index contributed by atoms with van der Waals surface area (Å²) in [5, 5.41) is 7.29. The summed E-state index contributed by atoms with van der Waals surface area (Å²) >= 11 is 8.98. The Labute approximate surface area is 114 Å². The molecule has 0 saturated heterocycles. The van der Waals surface area contributed by atoms with Crippen LogP contribution in [0.15, 0.2) is 0 Å². The fraction of sp³-hybridized carbons (Fsp3) is 0.909. The molecule has 0 aliphatic carbocycles. The Hall–Kier alpha value is 0.390. The van der Waals surface area contributed by atoms with Crippen molar-refractivity contribution in [1.82, 2.24) is 10.6 Å². The molecule has 2 N–H and O–H groups in total. The lowest BCUT2D eigenvalue weighted by atomic mass is 10.3. The Morgan fingerprint density at radius 2 is 1.31 bits per heavy atom. The fourth-order valence-corrected chi connectivity index (χ4v) is 2.40. The lowest BCUT2D eigenvalue weighted by Gasteiger charge is -2.09. The molecule has 0 unspecified atom stereocenters. The molecule has 0 aliphatic rings. The average molecular weight is 281 g/mol. The quantitative estimate of drug-likeness (QED) is 0.473. The van der Waals surface area contributed by atoms with Crippen LogP contribution in [0.1, 0.15) is 25.7 Å². The maximum Gasteiger partial charge on any atom is 0.166 e. The lowest BCUT2D eigenvalue weighted by molar-refractivity contribution is 0.719. The molecule has 96 valence electrons. The van der Waals surface area contributed by atoms with E-state index in [9.17, 15) is 0 Å². The first-order chi connectivity index (χ1) is 7.81. The Balaban J connectivity index is 3.12. The van der Waals surface area contributed by atoms with Gasteiger partial charge in [-0.05, 0) is 61.9 Å². The molecule has 0 rings (SSSR count). The number of thioether (sulfide) groups is 2. The molecular formula is C11H24N2S3. The van der Waals surface area contributed by atoms with Gasteiger partial charge in [-0.2, -0.15) is 23.5 Å². The van der Waals surface area contributed by atoms with Gasteiger partial charge in [-0.25, -0.2) is 0 Å². The second-order valence-electron chi connectivity index (χ2n) is 3.58. The molecule has 0 amide bonds. The van der Waals surface area contributed by atoms with Gasteiger partial charge in [0.25, 0.3) is 0 Å². The minimum absolute atomic E-state index is 0.813. The summed E-state index contributed by atoms with van der Waals surface area (Å²) < 4.78 is 0. The summed E-state index contributed by atoms with van der Waals surface area (Å²) in [6.45, 7) is 1.99. The molecule has 2 nitrogen and oxygen atoms in total. The highest BCUT2D eigenvalue weighted by Crippen LogP contribution is 1.98. The SMILES string of the molecule is CSCCCCNC(=S)NCCCCSC. The maximum absolute atomic E-state index is 5.18. The van der Waals surface area contributed by atoms with Crippen LogP contribution < -0.4 is 10.6 Å². The van der Waals surface area contributed by atoms with E-state index < -0.39 is 0 Å². The molecule has 0 atom stereocenters. The summed E-state index contributed by atoms with van der Waals surface area (Å²) in [5.74, 6) is 2.49. The summed E-state index contributed by atoms with van der Waals surface area (Å²) in [6, 6.07) is 0. The molecule has 0 aromatic rings. The number of unbranched alkanes of at least 4 members (excludes halogenated alkanes) is 2. The van der Waals surface area contributed by atoms with Crippen LogP contribution in [0, 0.1) is 0 Å². The molecule has 0 radical (unpaired) electrons. The average Bonchev–Trinajstić information content (AvgIpc) is 2.28. The van der Waals surface area contributed by atoms with Gasteiger partial charge in [0.05, 0.1) is 0 Å². The number of rotatable bonds is 10. The predicted molar refractivity (Wildman–Crippen MR) is 83.8 cm³/mol. The molecule has 0 bridgehead atoms. The third-order valence-electron chi connectivity index (χ3n) is 2.12. The van der Waals surface area contributed by atoms with Crippen molar-refractivity contribution in [2.24, 2.45) is 0 Å². The van der Waals surface area contributed by atoms with E-state index in [0.717, 1.165) is 18.2 Å². The van der Waals surface area contributed by atoms with Crippen LogP contribution in [0.5, 0.6) is 0 Å². The Kier molecular flexibility index (Phi) is 13.8. The Morgan fingerprint density at radius 3 is 1.69 bits per heavy atom. The van der Waals surface area contributed by atoms with Gasteiger partial charge in [-0.1, -0.05) is 0 Å². The molecule has 0 heterocycles. The van der Waals surface area contributed by atoms with E-state index >= 15 is 0 Å². The first-order valence-electron chi connectivity index (χ1n) is 5.81. The van der Waals surface area contributed by atoms with Gasteiger partial charge < -0.3 is 10.6 Å². The van der Waals surface area contributed by atoms with Crippen molar-refractivity contribution >= 4 is 40.9 Å². The van der Waals surface area contributed by atoms with E-state index in [1.165, 1.54) is 37.2 Å². The molecular weight excluding hydrogens is 256 g/mol. The Bertz CT molecular complexity index is 149. The van der Waals surface area contributed by atoms with E-state index in [1.54, 1.807) is 0 Å². The smallest absolute Gasteiger partial charge is 0.166 e. The number of hydrogen-bond donors (Lipinski definition) is 2. The van der Waals surface area contributed by atoms with E-state index in [0.29, 0.717) is 0 Å². The molecule has 0 saturated carbocycles. The van der Waals surface area contributed by atoms with E-state index in [4.69, 9.17) is 12.2 Å². The minimum Gasteiger partial charge on any atom is -0.363 e. The minimum atomic E-state index is 0.813. The van der Waals surface area contributed by atoms with Crippen molar-refractivity contribution in [3.05, 3.63) is 0 Å². The van der Waals surface area contributed by atoms with Crippen molar-refractivity contribution in [3.63, 3.8) is 0 Å². The molecule has 0 fully saturated rings. The standard InChI is InChI=1S/C11H24N2S3/c1-15-9-5-3-7-12-11(14)13-8-4-6-10-16-2/h3-10H2,1-2H3,(H2,12,13,14). The first kappa shape index (κ1) is 16.4. The second kappa shape index (κ2) is 13.5. The van der Waals surface area contributed by atoms with Crippen LogP contribution >= 0.6 is 35.7 Å². The Morgan fingerprint density at radius 1 is 0.875 bits per heavy atom. The van der Waals surface area contributed by atoms with Crippen LogP contribution in [0.2, 0.25) is 0 Å². The van der Waals surface area contributed by atoms with E-state index in [-0.39, 0.29) is 0 Å². The monoisotopic (exact) mass is 280 g/mol. The molecule has 16 heavy (non-hydrogen) atoms. The van der Waals surface area contributed by atoms with Gasteiger partial charge >= 0.3 is 0 Å². The summed E-state index contributed by atoms with van der Waals surface area (Å²) in [6.07, 6.45) is 9.24. The summed E-state index contributed by atoms with van der Waals surface area (Å²) in [7, 11) is 0. The number of nitrogens with one attached hydrogen (secondary N) is 2. The van der Waals surface area contributed by atoms with E-state index in [1.807, 2.05) is 23.5 Å². The normalized spacial score (nSPS) is 10.1. The van der Waals surface area contributed by atoms with Gasteiger partial charge in [0, 0.05) is 13.1 Å². The topological polar surface area (TPSA) is 24.1 Å². The predicted octanol–water partition coefficient (Wildman–Crippen LogP) is 2.74. The lowest BCUT2D eigenvalue weighted by Crippen LogP contribution is -2.36. The maximum atomic E-state index is 5.18. The van der Waals surface area contributed by atoms with Crippen LogP contribution in [-0.2, 0) is 0 Å². The third-order valence-corrected chi connectivity index (χ3v) is 3.80. The number of thiocarbonyl (C=S) groups is 1. The van der Waals surface area contributed by atoms with Crippen LogP contribution in [0.3, 0.4) is 0 Å². The van der Waals surface area contributed by atoms with E-state index in [2.05, 4.69) is 23.1 Å². The van der Waals surface area contributed by atoms with Crippen molar-refractivity contribution in [3.8, 4) is 0 Å². The van der Waals surface area contributed by atoms with Crippen molar-refractivity contribution < 1.29 is 0 Å². The zero-order valence-electron chi connectivity index (χ0n) is 10.4. The third kappa shape index (κ3) is 12.5. The molecule has 0 spiro atoms. The fourth-order valence-electron chi connectivity index (χ4n) is 1.21. The van der Waals surface area contributed by atoms with Crippen LogP contribution in [0.25, 0.3) is 0 Å². The van der Waals surface area contributed by atoms with Gasteiger partial charge in [0.15, 0.2) is 5.11 Å². The molecule has 0 aromatic carbocycles. The summed E-state index contributed by atoms with van der Waals surface area (Å²) in [4.78, 5) is 0. The highest BCUT2D eigenvalue weighted by atomic mass is 32.2. The van der Waals surface area contributed by atoms with Crippen molar-refractivity contribution in [1.29, 1.82) is 0 Å². The van der Waals surface area contributed by atoms with Gasteiger partial charge in [0.2, 0.25) is 0 Å². The summed E-state index contributed by atoms with van der Waals surface area (Å²) in [5.41, 5.74) is 0. The molecule has 0 aromatic heterocycles. The van der Waals surface area contributed by atoms with Crippen molar-refractivity contribution in [2.75, 3.05) is 37.1 Å².